The van der Waals surface area contributed by atoms with Crippen molar-refractivity contribution in [3.63, 3.8) is 0 Å². The summed E-state index contributed by atoms with van der Waals surface area (Å²) in [5.74, 6) is 0.393. The number of hydrogen-bond donors (Lipinski definition) is 0. The van der Waals surface area contributed by atoms with Gasteiger partial charge in [0.25, 0.3) is 9.05 Å². The van der Waals surface area contributed by atoms with Gasteiger partial charge < -0.3 is 9.64 Å². The second-order valence-corrected chi connectivity index (χ2v) is 8.19. The van der Waals surface area contributed by atoms with E-state index in [1.54, 1.807) is 4.90 Å². The van der Waals surface area contributed by atoms with Crippen LogP contribution in [0.3, 0.4) is 0 Å². The SMILES string of the molecule is CC(C)(C)C(=O)N1CCOc2ccc(S(=O)(=O)Cl)cc21. The average Bonchev–Trinajstić information content (AvgIpc) is 2.34. The molecule has 20 heavy (non-hydrogen) atoms. The number of carbonyl (C=O) groups is 1. The topological polar surface area (TPSA) is 63.7 Å². The Morgan fingerprint density at radius 3 is 2.55 bits per heavy atom. The first-order chi connectivity index (χ1) is 9.10. The molecular weight excluding hydrogens is 302 g/mol. The largest absolute Gasteiger partial charge is 0.490 e. The molecule has 1 aromatic rings. The number of hydrogen-bond acceptors (Lipinski definition) is 4. The van der Waals surface area contributed by atoms with E-state index in [1.807, 2.05) is 20.8 Å². The highest BCUT2D eigenvalue weighted by molar-refractivity contribution is 8.13. The maximum atomic E-state index is 12.4. The van der Waals surface area contributed by atoms with E-state index in [2.05, 4.69) is 0 Å². The van der Waals surface area contributed by atoms with Gasteiger partial charge in [-0.2, -0.15) is 0 Å². The molecule has 0 bridgehead atoms. The van der Waals surface area contributed by atoms with E-state index in [0.29, 0.717) is 24.6 Å². The molecule has 0 aliphatic carbocycles. The molecule has 1 aromatic carbocycles. The number of rotatable bonds is 1. The fraction of sp³-hybridized carbons (Fsp3) is 0.462. The minimum Gasteiger partial charge on any atom is -0.490 e. The van der Waals surface area contributed by atoms with Crippen molar-refractivity contribution in [1.82, 2.24) is 0 Å². The summed E-state index contributed by atoms with van der Waals surface area (Å²) in [5, 5.41) is 0. The normalized spacial score (nSPS) is 15.5. The van der Waals surface area contributed by atoms with Crippen LogP contribution in [0, 0.1) is 5.41 Å². The molecule has 110 valence electrons. The van der Waals surface area contributed by atoms with Crippen molar-refractivity contribution in [1.29, 1.82) is 0 Å². The molecule has 0 saturated heterocycles. The van der Waals surface area contributed by atoms with Gasteiger partial charge >= 0.3 is 0 Å². The predicted octanol–water partition coefficient (Wildman–Crippen LogP) is 2.39. The number of halogens is 1. The summed E-state index contributed by atoms with van der Waals surface area (Å²) in [5.41, 5.74) is -0.123. The van der Waals surface area contributed by atoms with Crippen molar-refractivity contribution in [2.24, 2.45) is 5.41 Å². The van der Waals surface area contributed by atoms with Crippen LogP contribution in [-0.4, -0.2) is 27.5 Å². The van der Waals surface area contributed by atoms with Gasteiger partial charge in [-0.1, -0.05) is 20.8 Å². The molecule has 7 heteroatoms. The second-order valence-electron chi connectivity index (χ2n) is 5.62. The van der Waals surface area contributed by atoms with Crippen LogP contribution < -0.4 is 9.64 Å². The van der Waals surface area contributed by atoms with Gasteiger partial charge in [0.15, 0.2) is 0 Å². The van der Waals surface area contributed by atoms with Crippen molar-refractivity contribution in [2.75, 3.05) is 18.1 Å². The number of amides is 1. The Kier molecular flexibility index (Phi) is 3.73. The summed E-state index contributed by atoms with van der Waals surface area (Å²) in [4.78, 5) is 13.9. The first kappa shape index (κ1) is 15.1. The Balaban J connectivity index is 2.52. The molecule has 2 rings (SSSR count). The first-order valence-electron chi connectivity index (χ1n) is 6.14. The summed E-state index contributed by atoms with van der Waals surface area (Å²) in [7, 11) is 1.50. The molecule has 0 spiro atoms. The third-order valence-electron chi connectivity index (χ3n) is 2.96. The highest BCUT2D eigenvalue weighted by Crippen LogP contribution is 2.36. The molecule has 0 atom stereocenters. The molecule has 1 amide bonds. The zero-order valence-electron chi connectivity index (χ0n) is 11.5. The third-order valence-corrected chi connectivity index (χ3v) is 4.31. The number of anilines is 1. The van der Waals surface area contributed by atoms with Crippen molar-refractivity contribution >= 4 is 31.3 Å². The number of ether oxygens (including phenoxy) is 1. The number of benzene rings is 1. The lowest BCUT2D eigenvalue weighted by atomic mass is 9.94. The predicted molar refractivity (Wildman–Crippen MR) is 76.8 cm³/mol. The fourth-order valence-electron chi connectivity index (χ4n) is 1.96. The molecule has 1 aliphatic rings. The lowest BCUT2D eigenvalue weighted by Gasteiger charge is -2.34. The third kappa shape index (κ3) is 2.91. The molecule has 5 nitrogen and oxygen atoms in total. The molecular formula is C13H16ClNO4S. The van der Waals surface area contributed by atoms with Crippen LogP contribution in [-0.2, 0) is 13.8 Å². The quantitative estimate of drug-likeness (QED) is 0.746. The number of carbonyl (C=O) groups excluding carboxylic acids is 1. The summed E-state index contributed by atoms with van der Waals surface area (Å²) in [6.07, 6.45) is 0. The maximum absolute atomic E-state index is 12.4. The Hall–Kier alpha value is -1.27. The minimum atomic E-state index is -3.84. The summed E-state index contributed by atoms with van der Waals surface area (Å²) >= 11 is 0. The standard InChI is InChI=1S/C13H16ClNO4S/c1-13(2,3)12(16)15-6-7-19-11-5-4-9(8-10(11)15)20(14,17)18/h4-5,8H,6-7H2,1-3H3. The van der Waals surface area contributed by atoms with Gasteiger partial charge in [-0.25, -0.2) is 8.42 Å². The molecule has 0 N–H and O–H groups in total. The molecule has 1 heterocycles. The second kappa shape index (κ2) is 4.93. The Morgan fingerprint density at radius 1 is 1.35 bits per heavy atom. The van der Waals surface area contributed by atoms with E-state index < -0.39 is 14.5 Å². The van der Waals surface area contributed by atoms with Crippen molar-refractivity contribution in [3.8, 4) is 5.75 Å². The van der Waals surface area contributed by atoms with Gasteiger partial charge in [-0.15, -0.1) is 0 Å². The first-order valence-corrected chi connectivity index (χ1v) is 8.45. The minimum absolute atomic E-state index is 0.0462. The van der Waals surface area contributed by atoms with Gasteiger partial charge in [0.05, 0.1) is 17.1 Å². The van der Waals surface area contributed by atoms with Crippen molar-refractivity contribution in [2.45, 2.75) is 25.7 Å². The molecule has 0 aromatic heterocycles. The van der Waals surface area contributed by atoms with Crippen molar-refractivity contribution < 1.29 is 17.9 Å². The van der Waals surface area contributed by atoms with Gasteiger partial charge in [-0.3, -0.25) is 4.79 Å². The van der Waals surface area contributed by atoms with Crippen LogP contribution in [0.2, 0.25) is 0 Å². The summed E-state index contributed by atoms with van der Waals surface area (Å²) < 4.78 is 28.3. The monoisotopic (exact) mass is 317 g/mol. The van der Waals surface area contributed by atoms with Gasteiger partial charge in [-0.05, 0) is 18.2 Å². The Labute approximate surface area is 122 Å². The fourth-order valence-corrected chi connectivity index (χ4v) is 2.74. The number of nitrogens with zero attached hydrogens (tertiary/aromatic N) is 1. The Morgan fingerprint density at radius 2 is 2.00 bits per heavy atom. The molecule has 0 fully saturated rings. The van der Waals surface area contributed by atoms with E-state index in [4.69, 9.17) is 15.4 Å². The van der Waals surface area contributed by atoms with Crippen molar-refractivity contribution in [3.05, 3.63) is 18.2 Å². The smallest absolute Gasteiger partial charge is 0.261 e. The average molecular weight is 318 g/mol. The van der Waals surface area contributed by atoms with E-state index >= 15 is 0 Å². The maximum Gasteiger partial charge on any atom is 0.261 e. The van der Waals surface area contributed by atoms with Crippen LogP contribution in [0.25, 0.3) is 0 Å². The highest BCUT2D eigenvalue weighted by atomic mass is 35.7. The molecule has 0 unspecified atom stereocenters. The van der Waals surface area contributed by atoms with Crippen LogP contribution in [0.15, 0.2) is 23.1 Å². The molecule has 1 aliphatic heterocycles. The molecule has 0 saturated carbocycles. The molecule has 0 radical (unpaired) electrons. The zero-order chi connectivity index (χ0) is 15.1. The highest BCUT2D eigenvalue weighted by Gasteiger charge is 2.32. The summed E-state index contributed by atoms with van der Waals surface area (Å²) in [6, 6.07) is 4.26. The number of fused-ring (bicyclic) bond motifs is 1. The zero-order valence-corrected chi connectivity index (χ0v) is 13.1. The van der Waals surface area contributed by atoms with E-state index in [1.165, 1.54) is 18.2 Å². The summed E-state index contributed by atoms with van der Waals surface area (Å²) in [6.45, 7) is 6.20. The van der Waals surface area contributed by atoms with Crippen LogP contribution in [0.5, 0.6) is 5.75 Å². The lowest BCUT2D eigenvalue weighted by molar-refractivity contribution is -0.126. The van der Waals surface area contributed by atoms with Gasteiger partial charge in [0, 0.05) is 16.1 Å². The van der Waals surface area contributed by atoms with Crippen LogP contribution >= 0.6 is 10.7 Å². The van der Waals surface area contributed by atoms with Gasteiger partial charge in [0.2, 0.25) is 5.91 Å². The lowest BCUT2D eigenvalue weighted by Crippen LogP contribution is -2.44. The van der Waals surface area contributed by atoms with E-state index in [0.717, 1.165) is 0 Å². The van der Waals surface area contributed by atoms with E-state index in [9.17, 15) is 13.2 Å². The van der Waals surface area contributed by atoms with Gasteiger partial charge in [0.1, 0.15) is 12.4 Å². The van der Waals surface area contributed by atoms with Crippen LogP contribution in [0.1, 0.15) is 20.8 Å². The van der Waals surface area contributed by atoms with E-state index in [-0.39, 0.29) is 10.8 Å². The Bertz CT molecular complexity index is 649. The van der Waals surface area contributed by atoms with Crippen LogP contribution in [0.4, 0.5) is 5.69 Å².